The summed E-state index contributed by atoms with van der Waals surface area (Å²) < 4.78 is 0. The monoisotopic (exact) mass is 378 g/mol. The highest BCUT2D eigenvalue weighted by Crippen LogP contribution is 2.44. The molecule has 0 fully saturated rings. The smallest absolute Gasteiger partial charge is 0.127 e. The molecule has 3 rings (SSSR count). The van der Waals surface area contributed by atoms with Gasteiger partial charge < -0.3 is 10.2 Å². The first-order valence-electron chi connectivity index (χ1n) is 7.36. The van der Waals surface area contributed by atoms with Crippen LogP contribution in [0.3, 0.4) is 0 Å². The molecule has 3 aromatic rings. The molecular weight excluding hydrogens is 363 g/mol. The molecule has 0 amide bonds. The van der Waals surface area contributed by atoms with E-state index < -0.39 is 0 Å². The lowest BCUT2D eigenvalue weighted by Gasteiger charge is -2.25. The van der Waals surface area contributed by atoms with E-state index in [0.29, 0.717) is 21.2 Å². The number of halogens is 2. The molecular formula is C19H16Cl2O2S. The second-order valence-electron chi connectivity index (χ2n) is 6.15. The quantitative estimate of drug-likeness (QED) is 0.548. The highest BCUT2D eigenvalue weighted by atomic mass is 35.5. The molecule has 2 nitrogen and oxygen atoms in total. The minimum Gasteiger partial charge on any atom is -0.507 e. The van der Waals surface area contributed by atoms with E-state index in [-0.39, 0.29) is 16.9 Å². The van der Waals surface area contributed by atoms with Crippen LogP contribution in [-0.2, 0) is 5.41 Å². The molecule has 0 saturated carbocycles. The molecule has 5 heteroatoms. The van der Waals surface area contributed by atoms with Gasteiger partial charge in [0.15, 0.2) is 0 Å². The molecule has 24 heavy (non-hydrogen) atoms. The first-order valence-corrected chi connectivity index (χ1v) is 8.99. The minimum absolute atomic E-state index is 0.00651. The molecule has 0 saturated heterocycles. The average Bonchev–Trinajstić information content (AvgIpc) is 3.00. The fraction of sp³-hybridized carbons (Fsp3) is 0.158. The van der Waals surface area contributed by atoms with Crippen molar-refractivity contribution in [2.45, 2.75) is 19.3 Å². The fourth-order valence-corrected chi connectivity index (χ4v) is 4.14. The molecule has 0 bridgehead atoms. The largest absolute Gasteiger partial charge is 0.507 e. The zero-order chi connectivity index (χ0) is 17.5. The predicted molar refractivity (Wildman–Crippen MR) is 102 cm³/mol. The Morgan fingerprint density at radius 1 is 0.917 bits per heavy atom. The van der Waals surface area contributed by atoms with E-state index in [1.807, 2.05) is 17.5 Å². The number of phenolic OH excluding ortho intramolecular Hbond substituents is 2. The van der Waals surface area contributed by atoms with Gasteiger partial charge in [-0.25, -0.2) is 0 Å². The van der Waals surface area contributed by atoms with Gasteiger partial charge in [-0.2, -0.15) is 0 Å². The van der Waals surface area contributed by atoms with Gasteiger partial charge in [0.25, 0.3) is 0 Å². The molecule has 0 radical (unpaired) electrons. The molecule has 0 aliphatic carbocycles. The third kappa shape index (κ3) is 3.12. The topological polar surface area (TPSA) is 40.5 Å². The summed E-state index contributed by atoms with van der Waals surface area (Å²) >= 11 is 13.7. The maximum Gasteiger partial charge on any atom is 0.127 e. The summed E-state index contributed by atoms with van der Waals surface area (Å²) in [7, 11) is 0. The molecule has 0 unspecified atom stereocenters. The van der Waals surface area contributed by atoms with Crippen molar-refractivity contribution < 1.29 is 10.2 Å². The van der Waals surface area contributed by atoms with Crippen LogP contribution in [0.25, 0.3) is 11.1 Å². The van der Waals surface area contributed by atoms with Crippen molar-refractivity contribution >= 4 is 34.5 Å². The number of aromatic hydroxyl groups is 2. The van der Waals surface area contributed by atoms with Crippen molar-refractivity contribution in [2.24, 2.45) is 0 Å². The molecule has 0 aliphatic heterocycles. The number of hydrogen-bond donors (Lipinski definition) is 2. The van der Waals surface area contributed by atoms with Gasteiger partial charge in [0.2, 0.25) is 0 Å². The molecule has 0 spiro atoms. The summed E-state index contributed by atoms with van der Waals surface area (Å²) in [5, 5.41) is 24.0. The molecule has 2 N–H and O–H groups in total. The van der Waals surface area contributed by atoms with Gasteiger partial charge in [-0.3, -0.25) is 0 Å². The molecule has 2 aromatic carbocycles. The van der Waals surface area contributed by atoms with Crippen LogP contribution in [0, 0.1) is 0 Å². The molecule has 0 aliphatic rings. The van der Waals surface area contributed by atoms with Gasteiger partial charge in [0, 0.05) is 20.3 Å². The Kier molecular flexibility index (Phi) is 4.52. The molecule has 124 valence electrons. The second-order valence-corrected chi connectivity index (χ2v) is 7.97. The Morgan fingerprint density at radius 2 is 1.50 bits per heavy atom. The van der Waals surface area contributed by atoms with Gasteiger partial charge in [-0.15, -0.1) is 11.3 Å². The van der Waals surface area contributed by atoms with Crippen LogP contribution in [0.1, 0.15) is 24.3 Å². The van der Waals surface area contributed by atoms with Crippen molar-refractivity contribution in [3.63, 3.8) is 0 Å². The zero-order valence-electron chi connectivity index (χ0n) is 13.2. The van der Waals surface area contributed by atoms with Gasteiger partial charge in [-0.1, -0.05) is 43.1 Å². The average molecular weight is 379 g/mol. The lowest BCUT2D eigenvalue weighted by molar-refractivity contribution is 0.450. The van der Waals surface area contributed by atoms with E-state index in [2.05, 4.69) is 13.8 Å². The fourth-order valence-electron chi connectivity index (χ4n) is 2.74. The first-order chi connectivity index (χ1) is 11.3. The zero-order valence-corrected chi connectivity index (χ0v) is 15.5. The SMILES string of the molecule is CC(C)(c1cc(O)c(-c2cc(Cl)cc(Cl)c2)c(O)c1)c1cccs1. The number of rotatable bonds is 3. The van der Waals surface area contributed by atoms with E-state index in [4.69, 9.17) is 23.2 Å². The lowest BCUT2D eigenvalue weighted by atomic mass is 9.82. The summed E-state index contributed by atoms with van der Waals surface area (Å²) in [5.74, 6) is -0.0130. The van der Waals surface area contributed by atoms with Gasteiger partial charge in [0.05, 0.1) is 5.56 Å². The Hall–Kier alpha value is -1.68. The van der Waals surface area contributed by atoms with Crippen LogP contribution in [0.5, 0.6) is 11.5 Å². The standard InChI is InChI=1S/C19H16Cl2O2S/c1-19(2,17-4-3-5-24-17)12-8-15(22)18(16(23)9-12)11-6-13(20)10-14(21)7-11/h3-10,22-23H,1-2H3. The van der Waals surface area contributed by atoms with E-state index in [1.165, 1.54) is 0 Å². The Bertz CT molecular complexity index is 843. The van der Waals surface area contributed by atoms with Crippen molar-refractivity contribution in [1.82, 2.24) is 0 Å². The third-order valence-electron chi connectivity index (χ3n) is 4.11. The maximum atomic E-state index is 10.5. The molecule has 1 heterocycles. The summed E-state index contributed by atoms with van der Waals surface area (Å²) in [6, 6.07) is 12.3. The third-order valence-corrected chi connectivity index (χ3v) is 5.74. The number of benzene rings is 2. The molecule has 0 atom stereocenters. The van der Waals surface area contributed by atoms with Crippen LogP contribution in [0.2, 0.25) is 10.0 Å². The highest BCUT2D eigenvalue weighted by molar-refractivity contribution is 7.10. The highest BCUT2D eigenvalue weighted by Gasteiger charge is 2.27. The number of phenols is 2. The van der Waals surface area contributed by atoms with E-state index in [1.54, 1.807) is 41.7 Å². The summed E-state index contributed by atoms with van der Waals surface area (Å²) in [4.78, 5) is 1.15. The number of hydrogen-bond acceptors (Lipinski definition) is 3. The number of thiophene rings is 1. The summed E-state index contributed by atoms with van der Waals surface area (Å²) in [6.07, 6.45) is 0. The van der Waals surface area contributed by atoms with E-state index >= 15 is 0 Å². The van der Waals surface area contributed by atoms with Crippen LogP contribution >= 0.6 is 34.5 Å². The van der Waals surface area contributed by atoms with Crippen LogP contribution in [-0.4, -0.2) is 10.2 Å². The van der Waals surface area contributed by atoms with Crippen molar-refractivity contribution in [3.8, 4) is 22.6 Å². The van der Waals surface area contributed by atoms with Crippen molar-refractivity contribution in [2.75, 3.05) is 0 Å². The van der Waals surface area contributed by atoms with Gasteiger partial charge >= 0.3 is 0 Å². The first kappa shape index (κ1) is 17.2. The van der Waals surface area contributed by atoms with Crippen molar-refractivity contribution in [1.29, 1.82) is 0 Å². The normalized spacial score (nSPS) is 11.7. The van der Waals surface area contributed by atoms with E-state index in [9.17, 15) is 10.2 Å². The van der Waals surface area contributed by atoms with E-state index in [0.717, 1.165) is 10.4 Å². The van der Waals surface area contributed by atoms with Crippen molar-refractivity contribution in [3.05, 3.63) is 68.3 Å². The second kappa shape index (κ2) is 6.32. The van der Waals surface area contributed by atoms with Gasteiger partial charge in [0.1, 0.15) is 11.5 Å². The predicted octanol–water partition coefficient (Wildman–Crippen LogP) is 6.46. The Morgan fingerprint density at radius 3 is 2.00 bits per heavy atom. The molecule has 1 aromatic heterocycles. The Labute approximate surface area is 154 Å². The maximum absolute atomic E-state index is 10.5. The summed E-state index contributed by atoms with van der Waals surface area (Å²) in [5.41, 5.74) is 1.40. The van der Waals surface area contributed by atoms with Crippen LogP contribution in [0.15, 0.2) is 47.8 Å². The minimum atomic E-state index is -0.326. The lowest BCUT2D eigenvalue weighted by Crippen LogP contribution is -2.17. The van der Waals surface area contributed by atoms with Crippen LogP contribution in [0.4, 0.5) is 0 Å². The Balaban J connectivity index is 2.13. The van der Waals surface area contributed by atoms with Crippen LogP contribution < -0.4 is 0 Å². The summed E-state index contributed by atoms with van der Waals surface area (Å²) in [6.45, 7) is 4.12. The van der Waals surface area contributed by atoms with Gasteiger partial charge in [-0.05, 0) is 52.9 Å².